The fraction of sp³-hybridized carbons (Fsp3) is 0.286. The first-order valence-corrected chi connectivity index (χ1v) is 14.7. The highest BCUT2D eigenvalue weighted by molar-refractivity contribution is 7.92. The van der Waals surface area contributed by atoms with Crippen LogP contribution in [0.15, 0.2) is 77.7 Å². The quantitative estimate of drug-likeness (QED) is 0.276. The second-order valence-electron chi connectivity index (χ2n) is 9.06. The maximum atomic E-state index is 13.9. The van der Waals surface area contributed by atoms with Crippen LogP contribution in [0.25, 0.3) is 0 Å². The molecule has 0 aliphatic carbocycles. The lowest BCUT2D eigenvalue weighted by atomic mass is 10.1. The molecule has 0 aromatic heterocycles. The van der Waals surface area contributed by atoms with Crippen LogP contribution in [-0.2, 0) is 32.3 Å². The molecule has 3 aromatic rings. The number of carbonyl (C=O) groups excluding carboxylic acids is 2. The van der Waals surface area contributed by atoms with Gasteiger partial charge in [-0.2, -0.15) is 13.2 Å². The SMILES string of the molecule is CCCNC(=O)C(C)N(Cc1c(Cl)cccc1Cl)C(=O)CN(c1cccc(C(F)(F)F)c1)S(=O)(=O)c1ccccc1. The number of sulfonamides is 1. The second kappa shape index (κ2) is 13.6. The summed E-state index contributed by atoms with van der Waals surface area (Å²) in [6.45, 7) is 2.45. The van der Waals surface area contributed by atoms with Crippen LogP contribution >= 0.6 is 23.2 Å². The van der Waals surface area contributed by atoms with Gasteiger partial charge in [0.05, 0.1) is 16.1 Å². The fourth-order valence-corrected chi connectivity index (χ4v) is 5.86. The molecule has 1 atom stereocenters. The number of amides is 2. The van der Waals surface area contributed by atoms with E-state index in [0.29, 0.717) is 28.9 Å². The van der Waals surface area contributed by atoms with Gasteiger partial charge in [-0.25, -0.2) is 8.42 Å². The highest BCUT2D eigenvalue weighted by atomic mass is 35.5. The van der Waals surface area contributed by atoms with Crippen molar-refractivity contribution < 1.29 is 31.2 Å². The summed E-state index contributed by atoms with van der Waals surface area (Å²) < 4.78 is 68.7. The molecule has 0 fully saturated rings. The van der Waals surface area contributed by atoms with E-state index in [1.807, 2.05) is 6.92 Å². The van der Waals surface area contributed by atoms with Gasteiger partial charge in [-0.05, 0) is 55.8 Å². The molecule has 1 N–H and O–H groups in total. The van der Waals surface area contributed by atoms with Crippen LogP contribution in [0.2, 0.25) is 10.0 Å². The molecule has 0 aliphatic heterocycles. The van der Waals surface area contributed by atoms with E-state index in [-0.39, 0.29) is 27.2 Å². The number of halogens is 5. The zero-order valence-corrected chi connectivity index (χ0v) is 24.5. The van der Waals surface area contributed by atoms with Crippen molar-refractivity contribution in [3.05, 3.63) is 94.0 Å². The van der Waals surface area contributed by atoms with Gasteiger partial charge in [-0.15, -0.1) is 0 Å². The lowest BCUT2D eigenvalue weighted by molar-refractivity contribution is -0.139. The Balaban J connectivity index is 2.10. The zero-order chi connectivity index (χ0) is 30.4. The van der Waals surface area contributed by atoms with Crippen LogP contribution in [0, 0.1) is 0 Å². The minimum Gasteiger partial charge on any atom is -0.354 e. The first-order chi connectivity index (χ1) is 19.3. The minimum absolute atomic E-state index is 0.211. The van der Waals surface area contributed by atoms with Crippen molar-refractivity contribution in [3.8, 4) is 0 Å². The van der Waals surface area contributed by atoms with Gasteiger partial charge in [0.2, 0.25) is 11.8 Å². The second-order valence-corrected chi connectivity index (χ2v) is 11.7. The third-order valence-electron chi connectivity index (χ3n) is 6.18. The maximum absolute atomic E-state index is 13.9. The summed E-state index contributed by atoms with van der Waals surface area (Å²) in [5, 5.41) is 3.11. The summed E-state index contributed by atoms with van der Waals surface area (Å²) >= 11 is 12.6. The van der Waals surface area contributed by atoms with E-state index in [0.717, 1.165) is 23.1 Å². The topological polar surface area (TPSA) is 86.8 Å². The maximum Gasteiger partial charge on any atom is 0.416 e. The number of nitrogens with zero attached hydrogens (tertiary/aromatic N) is 2. The number of hydrogen-bond acceptors (Lipinski definition) is 4. The molecule has 2 amide bonds. The Labute approximate surface area is 246 Å². The number of hydrogen-bond donors (Lipinski definition) is 1. The molecule has 3 aromatic carbocycles. The fourth-order valence-electron chi connectivity index (χ4n) is 3.92. The molecule has 13 heteroatoms. The molecule has 220 valence electrons. The summed E-state index contributed by atoms with van der Waals surface area (Å²) in [4.78, 5) is 27.6. The van der Waals surface area contributed by atoms with E-state index in [2.05, 4.69) is 5.32 Å². The molecule has 1 unspecified atom stereocenters. The van der Waals surface area contributed by atoms with Crippen LogP contribution in [0.1, 0.15) is 31.4 Å². The predicted molar refractivity (Wildman–Crippen MR) is 152 cm³/mol. The van der Waals surface area contributed by atoms with Crippen LogP contribution in [0.4, 0.5) is 18.9 Å². The molecule has 0 bridgehead atoms. The molecule has 41 heavy (non-hydrogen) atoms. The lowest BCUT2D eigenvalue weighted by Gasteiger charge is -2.32. The molecular weight excluding hydrogens is 602 g/mol. The average molecular weight is 631 g/mol. The van der Waals surface area contributed by atoms with Crippen LogP contribution in [-0.4, -0.2) is 44.3 Å². The van der Waals surface area contributed by atoms with Gasteiger partial charge in [0.25, 0.3) is 10.0 Å². The molecule has 0 saturated heterocycles. The lowest BCUT2D eigenvalue weighted by Crippen LogP contribution is -2.51. The monoisotopic (exact) mass is 629 g/mol. The van der Waals surface area contributed by atoms with Gasteiger partial charge in [-0.3, -0.25) is 13.9 Å². The Hall–Kier alpha value is -3.28. The molecule has 0 saturated carbocycles. The highest BCUT2D eigenvalue weighted by Gasteiger charge is 2.35. The Morgan fingerprint density at radius 2 is 1.56 bits per heavy atom. The molecule has 0 radical (unpaired) electrons. The van der Waals surface area contributed by atoms with Gasteiger partial charge in [0.1, 0.15) is 12.6 Å². The zero-order valence-electron chi connectivity index (χ0n) is 22.2. The third-order valence-corrected chi connectivity index (χ3v) is 8.67. The standard InChI is InChI=1S/C28H28Cl2F3N3O4S/c1-3-15-34-27(38)19(2)35(17-23-24(29)13-8-14-25(23)30)26(37)18-36(41(39,40)22-11-5-4-6-12-22)21-10-7-9-20(16-21)28(31,32)33/h4-14,16,19H,3,15,17-18H2,1-2H3,(H,34,38). The van der Waals surface area contributed by atoms with E-state index in [1.54, 1.807) is 24.3 Å². The molecule has 0 aliphatic rings. The van der Waals surface area contributed by atoms with Gasteiger partial charge >= 0.3 is 6.18 Å². The molecule has 3 rings (SSSR count). The average Bonchev–Trinajstić information content (AvgIpc) is 2.94. The van der Waals surface area contributed by atoms with Crippen molar-refractivity contribution in [1.29, 1.82) is 0 Å². The summed E-state index contributed by atoms with van der Waals surface area (Å²) in [5.41, 5.74) is -1.16. The van der Waals surface area contributed by atoms with Gasteiger partial charge < -0.3 is 10.2 Å². The summed E-state index contributed by atoms with van der Waals surface area (Å²) in [5.74, 6) is -1.38. The van der Waals surface area contributed by atoms with Crippen molar-refractivity contribution >= 4 is 50.7 Å². The van der Waals surface area contributed by atoms with E-state index in [9.17, 15) is 31.2 Å². The van der Waals surface area contributed by atoms with Crippen molar-refractivity contribution in [3.63, 3.8) is 0 Å². The van der Waals surface area contributed by atoms with E-state index in [1.165, 1.54) is 31.2 Å². The van der Waals surface area contributed by atoms with Crippen LogP contribution < -0.4 is 9.62 Å². The molecule has 0 heterocycles. The minimum atomic E-state index is -4.76. The van der Waals surface area contributed by atoms with Crippen molar-refractivity contribution in [2.24, 2.45) is 0 Å². The first-order valence-electron chi connectivity index (χ1n) is 12.5. The Morgan fingerprint density at radius 1 is 0.951 bits per heavy atom. The summed E-state index contributed by atoms with van der Waals surface area (Å²) in [7, 11) is -4.53. The van der Waals surface area contributed by atoms with Gasteiger partial charge in [0, 0.05) is 28.7 Å². The normalized spacial score (nSPS) is 12.5. The van der Waals surface area contributed by atoms with E-state index in [4.69, 9.17) is 23.2 Å². The summed E-state index contributed by atoms with van der Waals surface area (Å²) in [6, 6.07) is 14.2. The number of rotatable bonds is 11. The Morgan fingerprint density at radius 3 is 2.15 bits per heavy atom. The number of benzene rings is 3. The van der Waals surface area contributed by atoms with Crippen LogP contribution in [0.3, 0.4) is 0 Å². The number of anilines is 1. The van der Waals surface area contributed by atoms with Crippen LogP contribution in [0.5, 0.6) is 0 Å². The number of carbonyl (C=O) groups is 2. The number of nitrogens with one attached hydrogen (secondary N) is 1. The van der Waals surface area contributed by atoms with Gasteiger partial charge in [0.15, 0.2) is 0 Å². The molecule has 7 nitrogen and oxygen atoms in total. The molecule has 0 spiro atoms. The Kier molecular flexibility index (Phi) is 10.7. The number of alkyl halides is 3. The van der Waals surface area contributed by atoms with Crippen molar-refractivity contribution in [2.75, 3.05) is 17.4 Å². The largest absolute Gasteiger partial charge is 0.416 e. The highest BCUT2D eigenvalue weighted by Crippen LogP contribution is 2.34. The van der Waals surface area contributed by atoms with E-state index >= 15 is 0 Å². The van der Waals surface area contributed by atoms with E-state index < -0.39 is 46.2 Å². The predicted octanol–water partition coefficient (Wildman–Crippen LogP) is 6.15. The first kappa shape index (κ1) is 32.2. The molecular formula is C28H28Cl2F3N3O4S. The van der Waals surface area contributed by atoms with Gasteiger partial charge in [-0.1, -0.05) is 60.5 Å². The third kappa shape index (κ3) is 7.93. The van der Waals surface area contributed by atoms with Crippen molar-refractivity contribution in [2.45, 2.75) is 43.9 Å². The Bertz CT molecular complexity index is 1470. The summed E-state index contributed by atoms with van der Waals surface area (Å²) in [6.07, 6.45) is -4.14. The van der Waals surface area contributed by atoms with Crippen molar-refractivity contribution in [1.82, 2.24) is 10.2 Å². The smallest absolute Gasteiger partial charge is 0.354 e.